The Labute approximate surface area is 119 Å². The first kappa shape index (κ1) is 13.1. The molecule has 0 atom stereocenters. The number of halogens is 1. The molecule has 0 aliphatic heterocycles. The second-order valence-electron chi connectivity index (χ2n) is 3.73. The highest BCUT2D eigenvalue weighted by Crippen LogP contribution is 2.30. The van der Waals surface area contributed by atoms with Gasteiger partial charge in [0, 0.05) is 16.7 Å². The summed E-state index contributed by atoms with van der Waals surface area (Å²) in [4.78, 5) is 6.29. The highest BCUT2D eigenvalue weighted by Gasteiger charge is 2.15. The molecular weight excluding hydrogens is 345 g/mol. The summed E-state index contributed by atoms with van der Waals surface area (Å²) in [6.45, 7) is 5.69. The molecule has 6 heteroatoms. The monoisotopic (exact) mass is 359 g/mol. The van der Waals surface area contributed by atoms with Crippen molar-refractivity contribution in [2.75, 3.05) is 18.0 Å². The maximum absolute atomic E-state index is 9.81. The molecule has 1 heterocycles. The Bertz CT molecular complexity index is 538. The minimum Gasteiger partial charge on any atom is -0.507 e. The van der Waals surface area contributed by atoms with Gasteiger partial charge >= 0.3 is 0 Å². The fourth-order valence-corrected chi connectivity index (χ4v) is 2.13. The number of hydrogen-bond donors (Lipinski definition) is 1. The van der Waals surface area contributed by atoms with Crippen LogP contribution in [0.5, 0.6) is 5.75 Å². The van der Waals surface area contributed by atoms with E-state index in [0.29, 0.717) is 17.4 Å². The van der Waals surface area contributed by atoms with Crippen LogP contribution in [0.1, 0.15) is 13.8 Å². The number of aromatic nitrogens is 2. The van der Waals surface area contributed by atoms with Gasteiger partial charge in [-0.3, -0.25) is 0 Å². The van der Waals surface area contributed by atoms with Crippen LogP contribution in [-0.2, 0) is 0 Å². The third-order valence-electron chi connectivity index (χ3n) is 2.65. The maximum Gasteiger partial charge on any atom is 0.266 e. The number of hydrogen-bond acceptors (Lipinski definition) is 5. The summed E-state index contributed by atoms with van der Waals surface area (Å²) < 4.78 is 6.21. The van der Waals surface area contributed by atoms with Crippen molar-refractivity contribution in [1.29, 1.82) is 0 Å². The van der Waals surface area contributed by atoms with Gasteiger partial charge in [-0.2, -0.15) is 4.98 Å². The van der Waals surface area contributed by atoms with Crippen LogP contribution in [0.25, 0.3) is 11.5 Å². The van der Waals surface area contributed by atoms with Crippen LogP contribution >= 0.6 is 22.6 Å². The van der Waals surface area contributed by atoms with Crippen LogP contribution in [-0.4, -0.2) is 28.3 Å². The Balaban J connectivity index is 2.37. The molecule has 18 heavy (non-hydrogen) atoms. The third-order valence-corrected chi connectivity index (χ3v) is 3.32. The maximum atomic E-state index is 9.81. The second kappa shape index (κ2) is 5.55. The van der Waals surface area contributed by atoms with E-state index in [-0.39, 0.29) is 5.75 Å². The zero-order valence-electron chi connectivity index (χ0n) is 10.2. The molecule has 0 saturated carbocycles. The number of aromatic hydroxyl groups is 1. The Hall–Kier alpha value is -1.31. The molecule has 0 spiro atoms. The SMILES string of the molecule is CCN(CC)c1noc(-c2cc(I)ccc2O)n1. The van der Waals surface area contributed by atoms with E-state index in [9.17, 15) is 5.11 Å². The van der Waals surface area contributed by atoms with Crippen molar-refractivity contribution in [2.45, 2.75) is 13.8 Å². The molecule has 2 rings (SSSR count). The van der Waals surface area contributed by atoms with Crippen molar-refractivity contribution in [3.05, 3.63) is 21.8 Å². The number of phenols is 1. The Morgan fingerprint density at radius 1 is 1.33 bits per heavy atom. The second-order valence-corrected chi connectivity index (χ2v) is 4.98. The molecule has 1 aromatic heterocycles. The summed E-state index contributed by atoms with van der Waals surface area (Å²) in [5, 5.41) is 13.7. The normalized spacial score (nSPS) is 10.6. The molecule has 0 aliphatic carbocycles. The zero-order chi connectivity index (χ0) is 13.1. The van der Waals surface area contributed by atoms with Crippen molar-refractivity contribution in [3.63, 3.8) is 0 Å². The van der Waals surface area contributed by atoms with Crippen LogP contribution in [0.2, 0.25) is 0 Å². The summed E-state index contributed by atoms with van der Waals surface area (Å²) in [6.07, 6.45) is 0. The first-order chi connectivity index (χ1) is 8.65. The van der Waals surface area contributed by atoms with E-state index in [0.717, 1.165) is 16.7 Å². The molecule has 0 amide bonds. The molecule has 0 saturated heterocycles. The highest BCUT2D eigenvalue weighted by molar-refractivity contribution is 14.1. The Kier molecular flexibility index (Phi) is 4.05. The van der Waals surface area contributed by atoms with Crippen LogP contribution in [0.4, 0.5) is 5.95 Å². The molecule has 2 aromatic rings. The van der Waals surface area contributed by atoms with E-state index in [1.807, 2.05) is 30.9 Å². The van der Waals surface area contributed by atoms with Crippen molar-refractivity contribution < 1.29 is 9.63 Å². The van der Waals surface area contributed by atoms with Gasteiger partial charge in [0.2, 0.25) is 0 Å². The van der Waals surface area contributed by atoms with Gasteiger partial charge in [-0.05, 0) is 59.8 Å². The van der Waals surface area contributed by atoms with E-state index < -0.39 is 0 Å². The number of phenolic OH excluding ortho intramolecular Hbond substituents is 1. The van der Waals surface area contributed by atoms with Crippen molar-refractivity contribution in [2.24, 2.45) is 0 Å². The number of nitrogens with zero attached hydrogens (tertiary/aromatic N) is 3. The number of anilines is 1. The van der Waals surface area contributed by atoms with E-state index >= 15 is 0 Å². The smallest absolute Gasteiger partial charge is 0.266 e. The molecule has 96 valence electrons. The molecule has 0 bridgehead atoms. The fourth-order valence-electron chi connectivity index (χ4n) is 1.64. The van der Waals surface area contributed by atoms with E-state index in [1.165, 1.54) is 0 Å². The lowest BCUT2D eigenvalue weighted by molar-refractivity contribution is 0.423. The first-order valence-corrected chi connectivity index (χ1v) is 6.81. The minimum atomic E-state index is 0.144. The highest BCUT2D eigenvalue weighted by atomic mass is 127. The quantitative estimate of drug-likeness (QED) is 0.851. The Morgan fingerprint density at radius 2 is 2.06 bits per heavy atom. The van der Waals surface area contributed by atoms with Gasteiger partial charge in [0.15, 0.2) is 0 Å². The van der Waals surface area contributed by atoms with Gasteiger partial charge in [-0.25, -0.2) is 0 Å². The van der Waals surface area contributed by atoms with Crippen LogP contribution in [0.3, 0.4) is 0 Å². The van der Waals surface area contributed by atoms with Crippen molar-refractivity contribution >= 4 is 28.5 Å². The van der Waals surface area contributed by atoms with Gasteiger partial charge in [-0.1, -0.05) is 0 Å². The lowest BCUT2D eigenvalue weighted by atomic mass is 10.2. The average Bonchev–Trinajstić information content (AvgIpc) is 2.83. The Morgan fingerprint density at radius 3 is 2.72 bits per heavy atom. The lowest BCUT2D eigenvalue weighted by Crippen LogP contribution is -2.22. The zero-order valence-corrected chi connectivity index (χ0v) is 12.4. The van der Waals surface area contributed by atoms with Gasteiger partial charge in [0.05, 0.1) is 5.56 Å². The van der Waals surface area contributed by atoms with Crippen LogP contribution in [0.15, 0.2) is 22.7 Å². The van der Waals surface area contributed by atoms with Crippen LogP contribution < -0.4 is 4.90 Å². The van der Waals surface area contributed by atoms with E-state index in [1.54, 1.807) is 6.07 Å². The average molecular weight is 359 g/mol. The predicted molar refractivity (Wildman–Crippen MR) is 77.7 cm³/mol. The van der Waals surface area contributed by atoms with E-state index in [2.05, 4.69) is 32.7 Å². The molecule has 0 aliphatic rings. The number of rotatable bonds is 4. The lowest BCUT2D eigenvalue weighted by Gasteiger charge is -2.14. The van der Waals surface area contributed by atoms with Crippen molar-refractivity contribution in [1.82, 2.24) is 10.1 Å². The summed E-state index contributed by atoms with van der Waals surface area (Å²) in [7, 11) is 0. The standard InChI is InChI=1S/C12H14IN3O2/c1-3-16(4-2)12-14-11(18-15-12)9-7-8(13)5-6-10(9)17/h5-7,17H,3-4H2,1-2H3. The summed E-state index contributed by atoms with van der Waals surface area (Å²) >= 11 is 2.17. The predicted octanol–water partition coefficient (Wildman–Crippen LogP) is 2.89. The summed E-state index contributed by atoms with van der Waals surface area (Å²) in [5.41, 5.74) is 0.563. The molecule has 0 unspecified atom stereocenters. The van der Waals surface area contributed by atoms with Crippen LogP contribution in [0, 0.1) is 3.57 Å². The molecule has 5 nitrogen and oxygen atoms in total. The van der Waals surface area contributed by atoms with Gasteiger partial charge < -0.3 is 14.5 Å². The minimum absolute atomic E-state index is 0.144. The fraction of sp³-hybridized carbons (Fsp3) is 0.333. The summed E-state index contributed by atoms with van der Waals surface area (Å²) in [5.74, 6) is 1.03. The number of benzene rings is 1. The molecular formula is C12H14IN3O2. The third kappa shape index (κ3) is 2.58. The molecule has 0 radical (unpaired) electrons. The van der Waals surface area contributed by atoms with Gasteiger partial charge in [0.25, 0.3) is 11.8 Å². The first-order valence-electron chi connectivity index (χ1n) is 5.73. The topological polar surface area (TPSA) is 62.4 Å². The summed E-state index contributed by atoms with van der Waals surface area (Å²) in [6, 6.07) is 5.26. The van der Waals surface area contributed by atoms with E-state index in [4.69, 9.17) is 4.52 Å². The van der Waals surface area contributed by atoms with Gasteiger partial charge in [-0.15, -0.1) is 0 Å². The molecule has 0 fully saturated rings. The molecule has 1 N–H and O–H groups in total. The van der Waals surface area contributed by atoms with Gasteiger partial charge in [0.1, 0.15) is 5.75 Å². The largest absolute Gasteiger partial charge is 0.507 e. The van der Waals surface area contributed by atoms with Crippen molar-refractivity contribution in [3.8, 4) is 17.2 Å². The molecule has 1 aromatic carbocycles.